The van der Waals surface area contributed by atoms with Crippen molar-refractivity contribution in [2.75, 3.05) is 19.6 Å². The number of halogens is 2. The third-order valence-corrected chi connectivity index (χ3v) is 5.44. The minimum Gasteiger partial charge on any atom is -0.304 e. The molecule has 1 atom stereocenters. The molecule has 1 aromatic rings. The maximum atomic E-state index is 13.1. The monoisotopic (exact) mass is 350 g/mol. The quantitative estimate of drug-likeness (QED) is 0.743. The Labute approximate surface area is 137 Å². The normalized spacial score (nSPS) is 13.5. The third kappa shape index (κ3) is 5.83. The molecule has 0 saturated carbocycles. The van der Waals surface area contributed by atoms with Gasteiger partial charge < -0.3 is 4.90 Å². The predicted molar refractivity (Wildman–Crippen MR) is 88.2 cm³/mol. The van der Waals surface area contributed by atoms with E-state index in [2.05, 4.69) is 23.5 Å². The molecule has 0 aromatic heterocycles. The summed E-state index contributed by atoms with van der Waals surface area (Å²) >= 11 is 5.63. The molecule has 0 amide bonds. The van der Waals surface area contributed by atoms with Crippen molar-refractivity contribution in [3.63, 3.8) is 0 Å². The van der Waals surface area contributed by atoms with Crippen molar-refractivity contribution in [1.82, 2.24) is 9.62 Å². The molecule has 126 valence electrons. The zero-order valence-corrected chi connectivity index (χ0v) is 14.8. The maximum absolute atomic E-state index is 13.1. The van der Waals surface area contributed by atoms with Crippen LogP contribution < -0.4 is 4.72 Å². The fraction of sp³-hybridized carbons (Fsp3) is 0.600. The zero-order chi connectivity index (χ0) is 16.8. The lowest BCUT2D eigenvalue weighted by Gasteiger charge is -2.19. The lowest BCUT2D eigenvalue weighted by molar-refractivity contribution is 0.293. The number of rotatable bonds is 9. The van der Waals surface area contributed by atoms with E-state index in [1.165, 1.54) is 6.07 Å². The van der Waals surface area contributed by atoms with Gasteiger partial charge >= 0.3 is 0 Å². The van der Waals surface area contributed by atoms with Gasteiger partial charge in [0.25, 0.3) is 0 Å². The smallest absolute Gasteiger partial charge is 0.240 e. The lowest BCUT2D eigenvalue weighted by atomic mass is 10.2. The number of hydrogen-bond acceptors (Lipinski definition) is 3. The second-order valence-corrected chi connectivity index (χ2v) is 7.39. The topological polar surface area (TPSA) is 49.4 Å². The summed E-state index contributed by atoms with van der Waals surface area (Å²) in [6.07, 6.45) is 1.65. The van der Waals surface area contributed by atoms with Crippen molar-refractivity contribution >= 4 is 21.6 Å². The van der Waals surface area contributed by atoms with Crippen molar-refractivity contribution < 1.29 is 12.8 Å². The Morgan fingerprint density at radius 2 is 1.95 bits per heavy atom. The van der Waals surface area contributed by atoms with Gasteiger partial charge in [0.2, 0.25) is 10.0 Å². The Balaban J connectivity index is 2.58. The average molecular weight is 351 g/mol. The highest BCUT2D eigenvalue weighted by Gasteiger charge is 2.18. The third-order valence-electron chi connectivity index (χ3n) is 3.56. The molecule has 1 unspecified atom stereocenters. The standard InChI is InChI=1S/C15H24ClFN2O2S/c1-4-19(5-2)10-6-7-12(3)18-22(20,21)13-8-9-15(17)14(16)11-13/h8-9,11-12,18H,4-7,10H2,1-3H3. The first-order chi connectivity index (χ1) is 10.3. The first-order valence-corrected chi connectivity index (χ1v) is 9.36. The van der Waals surface area contributed by atoms with Gasteiger partial charge in [0.1, 0.15) is 5.82 Å². The van der Waals surface area contributed by atoms with E-state index in [-0.39, 0.29) is 16.0 Å². The molecule has 0 aliphatic rings. The molecule has 4 nitrogen and oxygen atoms in total. The van der Waals surface area contributed by atoms with Crippen LogP contribution in [0.25, 0.3) is 0 Å². The second kappa shape index (κ2) is 8.82. The highest BCUT2D eigenvalue weighted by atomic mass is 35.5. The molecule has 0 aliphatic heterocycles. The Morgan fingerprint density at radius 3 is 2.50 bits per heavy atom. The van der Waals surface area contributed by atoms with Crippen LogP contribution >= 0.6 is 11.6 Å². The average Bonchev–Trinajstić information content (AvgIpc) is 2.46. The Hall–Kier alpha value is -0.690. The lowest BCUT2D eigenvalue weighted by Crippen LogP contribution is -2.33. The minimum absolute atomic E-state index is 0.0190. The van der Waals surface area contributed by atoms with Crippen molar-refractivity contribution in [3.8, 4) is 0 Å². The largest absolute Gasteiger partial charge is 0.304 e. The van der Waals surface area contributed by atoms with E-state index in [1.807, 2.05) is 6.92 Å². The zero-order valence-electron chi connectivity index (χ0n) is 13.3. The molecule has 0 spiro atoms. The number of sulfonamides is 1. The minimum atomic E-state index is -3.68. The Bertz CT molecular complexity index is 577. The maximum Gasteiger partial charge on any atom is 0.240 e. The molecule has 0 heterocycles. The number of nitrogens with one attached hydrogen (secondary N) is 1. The van der Waals surface area contributed by atoms with E-state index < -0.39 is 15.8 Å². The summed E-state index contributed by atoms with van der Waals surface area (Å²) in [4.78, 5) is 2.27. The van der Waals surface area contributed by atoms with Gasteiger partial charge in [0.15, 0.2) is 0 Å². The highest BCUT2D eigenvalue weighted by Crippen LogP contribution is 2.19. The van der Waals surface area contributed by atoms with E-state index in [0.29, 0.717) is 0 Å². The number of hydrogen-bond donors (Lipinski definition) is 1. The molecule has 0 bridgehead atoms. The van der Waals surface area contributed by atoms with Crippen LogP contribution in [0.5, 0.6) is 0 Å². The van der Waals surface area contributed by atoms with Gasteiger partial charge in [0.05, 0.1) is 9.92 Å². The molecule has 1 aromatic carbocycles. The van der Waals surface area contributed by atoms with Crippen LogP contribution in [0.1, 0.15) is 33.6 Å². The Morgan fingerprint density at radius 1 is 1.32 bits per heavy atom. The molecule has 0 saturated heterocycles. The SMILES string of the molecule is CCN(CC)CCCC(C)NS(=O)(=O)c1ccc(F)c(Cl)c1. The van der Waals surface area contributed by atoms with E-state index in [9.17, 15) is 12.8 Å². The molecule has 0 aliphatic carbocycles. The number of benzene rings is 1. The van der Waals surface area contributed by atoms with Gasteiger partial charge in [-0.1, -0.05) is 25.4 Å². The van der Waals surface area contributed by atoms with Gasteiger partial charge in [0, 0.05) is 6.04 Å². The van der Waals surface area contributed by atoms with Crippen LogP contribution in [0.3, 0.4) is 0 Å². The van der Waals surface area contributed by atoms with Crippen LogP contribution in [0.4, 0.5) is 4.39 Å². The molecule has 0 radical (unpaired) electrons. The van der Waals surface area contributed by atoms with E-state index in [0.717, 1.165) is 44.6 Å². The summed E-state index contributed by atoms with van der Waals surface area (Å²) in [5.41, 5.74) is 0. The summed E-state index contributed by atoms with van der Waals surface area (Å²) in [5.74, 6) is -0.632. The van der Waals surface area contributed by atoms with E-state index in [1.54, 1.807) is 0 Å². The molecular formula is C15H24ClFN2O2S. The fourth-order valence-corrected chi connectivity index (χ4v) is 3.75. The molecule has 7 heteroatoms. The van der Waals surface area contributed by atoms with Crippen molar-refractivity contribution in [1.29, 1.82) is 0 Å². The van der Waals surface area contributed by atoms with Gasteiger partial charge in [-0.05, 0) is 57.6 Å². The summed E-state index contributed by atoms with van der Waals surface area (Å²) in [6, 6.07) is 3.21. The van der Waals surface area contributed by atoms with Crippen molar-refractivity contribution in [2.45, 2.75) is 44.6 Å². The summed E-state index contributed by atoms with van der Waals surface area (Å²) in [7, 11) is -3.68. The van der Waals surface area contributed by atoms with Crippen molar-refractivity contribution in [2.24, 2.45) is 0 Å². The predicted octanol–water partition coefficient (Wildman–Crippen LogP) is 3.27. The molecule has 1 N–H and O–H groups in total. The van der Waals surface area contributed by atoms with E-state index >= 15 is 0 Å². The molecule has 0 fully saturated rings. The Kier molecular flexibility index (Phi) is 7.76. The molecular weight excluding hydrogens is 327 g/mol. The van der Waals surface area contributed by atoms with Gasteiger partial charge in [-0.15, -0.1) is 0 Å². The fourth-order valence-electron chi connectivity index (χ4n) is 2.20. The van der Waals surface area contributed by atoms with Gasteiger partial charge in [-0.3, -0.25) is 0 Å². The van der Waals surface area contributed by atoms with Crippen LogP contribution in [0, 0.1) is 5.82 Å². The van der Waals surface area contributed by atoms with Gasteiger partial charge in [-0.25, -0.2) is 17.5 Å². The van der Waals surface area contributed by atoms with Crippen molar-refractivity contribution in [3.05, 3.63) is 29.0 Å². The van der Waals surface area contributed by atoms with Crippen LogP contribution in [-0.4, -0.2) is 39.0 Å². The van der Waals surface area contributed by atoms with Gasteiger partial charge in [-0.2, -0.15) is 0 Å². The molecule has 22 heavy (non-hydrogen) atoms. The number of nitrogens with zero attached hydrogens (tertiary/aromatic N) is 1. The first kappa shape index (κ1) is 19.4. The van der Waals surface area contributed by atoms with Crippen LogP contribution in [0.2, 0.25) is 5.02 Å². The summed E-state index contributed by atoms with van der Waals surface area (Å²) in [6.45, 7) is 8.96. The first-order valence-electron chi connectivity index (χ1n) is 7.49. The second-order valence-electron chi connectivity index (χ2n) is 5.27. The van der Waals surface area contributed by atoms with Crippen LogP contribution in [0.15, 0.2) is 23.1 Å². The highest BCUT2D eigenvalue weighted by molar-refractivity contribution is 7.89. The molecule has 1 rings (SSSR count). The summed E-state index contributed by atoms with van der Waals surface area (Å²) < 4.78 is 40.1. The van der Waals surface area contributed by atoms with E-state index in [4.69, 9.17) is 11.6 Å². The van der Waals surface area contributed by atoms with Crippen LogP contribution in [-0.2, 0) is 10.0 Å². The summed E-state index contributed by atoms with van der Waals surface area (Å²) in [5, 5.41) is -0.197.